The van der Waals surface area contributed by atoms with Crippen LogP contribution in [0.3, 0.4) is 0 Å². The van der Waals surface area contributed by atoms with Gasteiger partial charge in [0.05, 0.1) is 11.2 Å². The van der Waals surface area contributed by atoms with Crippen molar-refractivity contribution in [2.24, 2.45) is 0 Å². The van der Waals surface area contributed by atoms with Crippen LogP contribution in [0.25, 0.3) is 0 Å². The highest BCUT2D eigenvalue weighted by molar-refractivity contribution is 7.88. The van der Waals surface area contributed by atoms with Crippen LogP contribution in [0.5, 0.6) is 0 Å². The molecule has 1 heterocycles. The van der Waals surface area contributed by atoms with Gasteiger partial charge in [-0.25, -0.2) is 13.1 Å². The minimum absolute atomic E-state index is 0.0812. The molecular weight excluding hydrogens is 306 g/mol. The Hall–Kier alpha value is -1.51. The third-order valence-electron chi connectivity index (χ3n) is 3.86. The van der Waals surface area contributed by atoms with E-state index < -0.39 is 14.9 Å². The summed E-state index contributed by atoms with van der Waals surface area (Å²) in [5, 5.41) is 10.7. The molecule has 0 aromatic heterocycles. The Morgan fingerprint density at radius 3 is 2.59 bits per heavy atom. The largest absolute Gasteiger partial charge is 0.295 e. The minimum Gasteiger partial charge on any atom is -0.295 e. The Morgan fingerprint density at radius 2 is 2.00 bits per heavy atom. The molecule has 122 valence electrons. The number of nitro benzene ring substituents is 1. The molecule has 0 spiro atoms. The molecule has 1 aliphatic rings. The summed E-state index contributed by atoms with van der Waals surface area (Å²) in [6, 6.07) is 6.69. The zero-order valence-corrected chi connectivity index (χ0v) is 13.4. The number of nitro groups is 1. The van der Waals surface area contributed by atoms with E-state index in [0.717, 1.165) is 37.6 Å². The predicted molar refractivity (Wildman–Crippen MR) is 84.0 cm³/mol. The lowest BCUT2D eigenvalue weighted by molar-refractivity contribution is -0.384. The number of sulfonamides is 1. The monoisotopic (exact) mass is 327 g/mol. The van der Waals surface area contributed by atoms with Crippen molar-refractivity contribution >= 4 is 15.7 Å². The van der Waals surface area contributed by atoms with Crippen molar-refractivity contribution in [1.82, 2.24) is 9.62 Å². The van der Waals surface area contributed by atoms with E-state index in [9.17, 15) is 18.5 Å². The smallest absolute Gasteiger partial charge is 0.269 e. The lowest BCUT2D eigenvalue weighted by Crippen LogP contribution is -2.46. The maximum Gasteiger partial charge on any atom is 0.269 e. The third kappa shape index (κ3) is 5.04. The van der Waals surface area contributed by atoms with Gasteiger partial charge in [0.1, 0.15) is 0 Å². The fourth-order valence-corrected chi connectivity index (χ4v) is 3.20. The highest BCUT2D eigenvalue weighted by Crippen LogP contribution is 2.20. The van der Waals surface area contributed by atoms with Crippen molar-refractivity contribution in [2.45, 2.75) is 31.8 Å². The zero-order chi connectivity index (χ0) is 16.2. The summed E-state index contributed by atoms with van der Waals surface area (Å²) in [5.41, 5.74) is 1.08. The molecule has 0 amide bonds. The topological polar surface area (TPSA) is 92.6 Å². The number of non-ortho nitro benzene ring substituents is 1. The fraction of sp³-hybridized carbons (Fsp3) is 0.571. The first-order valence-corrected chi connectivity index (χ1v) is 9.16. The van der Waals surface area contributed by atoms with E-state index >= 15 is 0 Å². The van der Waals surface area contributed by atoms with Gasteiger partial charge >= 0.3 is 0 Å². The van der Waals surface area contributed by atoms with Gasteiger partial charge in [-0.2, -0.15) is 0 Å². The van der Waals surface area contributed by atoms with E-state index in [0.29, 0.717) is 13.1 Å². The van der Waals surface area contributed by atoms with Gasteiger partial charge in [0.15, 0.2) is 0 Å². The first-order chi connectivity index (χ1) is 10.3. The van der Waals surface area contributed by atoms with Crippen LogP contribution >= 0.6 is 0 Å². The van der Waals surface area contributed by atoms with Gasteiger partial charge in [0.25, 0.3) is 5.69 Å². The van der Waals surface area contributed by atoms with Crippen molar-refractivity contribution in [1.29, 1.82) is 0 Å². The Balaban J connectivity index is 2.00. The Labute approximate surface area is 130 Å². The molecule has 2 rings (SSSR count). The number of benzene rings is 1. The molecule has 1 unspecified atom stereocenters. The van der Waals surface area contributed by atoms with Gasteiger partial charge in [-0.05, 0) is 24.9 Å². The molecule has 1 aromatic carbocycles. The molecule has 8 heteroatoms. The first kappa shape index (κ1) is 16.9. The molecule has 0 radical (unpaired) electrons. The summed E-state index contributed by atoms with van der Waals surface area (Å²) < 4.78 is 25.1. The second-order valence-electron chi connectivity index (χ2n) is 5.66. The molecule has 1 N–H and O–H groups in total. The fourth-order valence-electron chi connectivity index (χ4n) is 2.70. The van der Waals surface area contributed by atoms with E-state index in [1.165, 1.54) is 12.1 Å². The Morgan fingerprint density at radius 1 is 1.32 bits per heavy atom. The molecular formula is C14H21N3O4S. The quantitative estimate of drug-likeness (QED) is 0.631. The lowest BCUT2D eigenvalue weighted by atomic mass is 10.0. The standard InChI is InChI=1S/C14H21N3O4S/c1-22(20,21)15-10-14-4-2-3-9-16(14)11-12-5-7-13(8-6-12)17(18)19/h5-8,14-15H,2-4,9-11H2,1H3. The van der Waals surface area contributed by atoms with Crippen molar-refractivity contribution < 1.29 is 13.3 Å². The van der Waals surface area contributed by atoms with Gasteiger partial charge in [-0.1, -0.05) is 18.6 Å². The number of likely N-dealkylation sites (tertiary alicyclic amines) is 1. The predicted octanol–water partition coefficient (Wildman–Crippen LogP) is 1.50. The normalized spacial score (nSPS) is 20.0. The summed E-state index contributed by atoms with van der Waals surface area (Å²) in [6.45, 7) is 1.99. The number of rotatable bonds is 6. The minimum atomic E-state index is -3.19. The number of nitrogens with zero attached hydrogens (tertiary/aromatic N) is 2. The van der Waals surface area contributed by atoms with Crippen molar-refractivity contribution in [3.8, 4) is 0 Å². The third-order valence-corrected chi connectivity index (χ3v) is 4.55. The van der Waals surface area contributed by atoms with Crippen LogP contribution in [0.15, 0.2) is 24.3 Å². The van der Waals surface area contributed by atoms with Crippen LogP contribution in [0.1, 0.15) is 24.8 Å². The molecule has 22 heavy (non-hydrogen) atoms. The van der Waals surface area contributed by atoms with Crippen LogP contribution < -0.4 is 4.72 Å². The maximum atomic E-state index is 11.2. The summed E-state index contributed by atoms with van der Waals surface area (Å²) in [6.07, 6.45) is 4.29. The van der Waals surface area contributed by atoms with Crippen LogP contribution in [0, 0.1) is 10.1 Å². The highest BCUT2D eigenvalue weighted by atomic mass is 32.2. The van der Waals surface area contributed by atoms with Gasteiger partial charge in [-0.15, -0.1) is 0 Å². The molecule has 1 fully saturated rings. The SMILES string of the molecule is CS(=O)(=O)NCC1CCCCN1Cc1ccc([N+](=O)[O-])cc1. The molecule has 1 aliphatic heterocycles. The molecule has 1 aromatic rings. The maximum absolute atomic E-state index is 11.2. The molecule has 0 bridgehead atoms. The molecule has 7 nitrogen and oxygen atoms in total. The van der Waals surface area contributed by atoms with Gasteiger partial charge < -0.3 is 0 Å². The van der Waals surface area contributed by atoms with Gasteiger partial charge in [-0.3, -0.25) is 15.0 Å². The van der Waals surface area contributed by atoms with Gasteiger partial charge in [0.2, 0.25) is 10.0 Å². The Bertz CT molecular complexity index is 615. The number of nitrogens with one attached hydrogen (secondary N) is 1. The zero-order valence-electron chi connectivity index (χ0n) is 12.6. The van der Waals surface area contributed by atoms with Crippen LogP contribution in [0.4, 0.5) is 5.69 Å². The van der Waals surface area contributed by atoms with E-state index in [1.807, 2.05) is 0 Å². The summed E-state index contributed by atoms with van der Waals surface area (Å²) in [4.78, 5) is 12.5. The number of hydrogen-bond acceptors (Lipinski definition) is 5. The summed E-state index contributed by atoms with van der Waals surface area (Å²) >= 11 is 0. The molecule has 1 saturated heterocycles. The van der Waals surface area contributed by atoms with Crippen molar-refractivity contribution in [2.75, 3.05) is 19.3 Å². The van der Waals surface area contributed by atoms with E-state index in [2.05, 4.69) is 9.62 Å². The Kier molecular flexibility index (Phi) is 5.49. The van der Waals surface area contributed by atoms with Crippen molar-refractivity contribution in [3.63, 3.8) is 0 Å². The average molecular weight is 327 g/mol. The highest BCUT2D eigenvalue weighted by Gasteiger charge is 2.23. The second kappa shape index (κ2) is 7.17. The van der Waals surface area contributed by atoms with Crippen molar-refractivity contribution in [3.05, 3.63) is 39.9 Å². The average Bonchev–Trinajstić information content (AvgIpc) is 2.46. The number of piperidine rings is 1. The van der Waals surface area contributed by atoms with Crippen LogP contribution in [0.2, 0.25) is 0 Å². The van der Waals surface area contributed by atoms with Crippen LogP contribution in [-0.2, 0) is 16.6 Å². The summed E-state index contributed by atoms with van der Waals surface area (Å²) in [7, 11) is -3.19. The van der Waals surface area contributed by atoms with E-state index in [4.69, 9.17) is 0 Å². The molecule has 0 aliphatic carbocycles. The van der Waals surface area contributed by atoms with Gasteiger partial charge in [0, 0.05) is 31.3 Å². The van der Waals surface area contributed by atoms with E-state index in [1.54, 1.807) is 12.1 Å². The van der Waals surface area contributed by atoms with Crippen LogP contribution in [-0.4, -0.2) is 43.6 Å². The molecule has 0 saturated carbocycles. The van der Waals surface area contributed by atoms with E-state index in [-0.39, 0.29) is 11.7 Å². The summed E-state index contributed by atoms with van der Waals surface area (Å²) in [5.74, 6) is 0. The second-order valence-corrected chi connectivity index (χ2v) is 7.50. The lowest BCUT2D eigenvalue weighted by Gasteiger charge is -2.35. The number of hydrogen-bond donors (Lipinski definition) is 1. The molecule has 1 atom stereocenters. The first-order valence-electron chi connectivity index (χ1n) is 7.27.